The summed E-state index contributed by atoms with van der Waals surface area (Å²) in [4.78, 5) is 22.4. The summed E-state index contributed by atoms with van der Waals surface area (Å²) < 4.78 is 11.0. The van der Waals surface area contributed by atoms with E-state index in [-0.39, 0.29) is 12.5 Å². The first-order valence-electron chi connectivity index (χ1n) is 9.22. The highest BCUT2D eigenvalue weighted by molar-refractivity contribution is 5.78. The van der Waals surface area contributed by atoms with E-state index in [9.17, 15) is 4.79 Å². The van der Waals surface area contributed by atoms with E-state index in [0.717, 1.165) is 36.1 Å². The fourth-order valence-corrected chi connectivity index (χ4v) is 3.62. The number of nitrogens with zero attached hydrogens (tertiary/aromatic N) is 2. The molecule has 1 saturated heterocycles. The second kappa shape index (κ2) is 7.70. The lowest BCUT2D eigenvalue weighted by atomic mass is 9.95. The van der Waals surface area contributed by atoms with Crippen molar-refractivity contribution < 1.29 is 14.3 Å². The summed E-state index contributed by atoms with van der Waals surface area (Å²) in [5, 5.41) is 0. The summed E-state index contributed by atoms with van der Waals surface area (Å²) in [6.45, 7) is 1.48. The van der Waals surface area contributed by atoms with Crippen molar-refractivity contribution in [3.63, 3.8) is 0 Å². The molecule has 2 aromatic heterocycles. The molecule has 3 heterocycles. The van der Waals surface area contributed by atoms with Gasteiger partial charge in [-0.1, -0.05) is 12.1 Å². The molecule has 1 unspecified atom stereocenters. The van der Waals surface area contributed by atoms with E-state index < -0.39 is 0 Å². The molecule has 1 aliphatic rings. The number of aromatic nitrogens is 2. The van der Waals surface area contributed by atoms with Crippen LogP contribution in [0.2, 0.25) is 0 Å². The molecule has 0 aliphatic carbocycles. The summed E-state index contributed by atoms with van der Waals surface area (Å²) in [7, 11) is 1.59. The Bertz CT molecular complexity index is 904. The van der Waals surface area contributed by atoms with Crippen LogP contribution in [0.25, 0.3) is 11.0 Å². The molecule has 1 aromatic carbocycles. The molecule has 140 valence electrons. The number of ether oxygens (including phenoxy) is 2. The number of piperidine rings is 1. The highest BCUT2D eigenvalue weighted by Crippen LogP contribution is 2.29. The second-order valence-corrected chi connectivity index (χ2v) is 6.78. The molecule has 1 N–H and O–H groups in total. The van der Waals surface area contributed by atoms with Crippen LogP contribution in [0, 0.1) is 0 Å². The van der Waals surface area contributed by atoms with Crippen molar-refractivity contribution in [1.29, 1.82) is 0 Å². The molecular weight excluding hydrogens is 342 g/mol. The van der Waals surface area contributed by atoms with Gasteiger partial charge in [0.2, 0.25) is 0 Å². The molecule has 27 heavy (non-hydrogen) atoms. The lowest BCUT2D eigenvalue weighted by Crippen LogP contribution is -2.41. The number of rotatable bonds is 5. The third-order valence-corrected chi connectivity index (χ3v) is 5.04. The van der Waals surface area contributed by atoms with Crippen LogP contribution in [0.3, 0.4) is 0 Å². The van der Waals surface area contributed by atoms with Gasteiger partial charge in [-0.2, -0.15) is 0 Å². The van der Waals surface area contributed by atoms with Gasteiger partial charge in [0.05, 0.1) is 18.1 Å². The van der Waals surface area contributed by atoms with Gasteiger partial charge >= 0.3 is 0 Å². The van der Waals surface area contributed by atoms with Gasteiger partial charge in [0.1, 0.15) is 0 Å². The standard InChI is InChI=1S/C21H23N3O3/c1-26-19-8-2-3-9-20(19)27-14-21(25)24-11-5-6-15(13-24)17-12-18-16(23-17)7-4-10-22-18/h2-4,7-10,12,15,23H,5-6,11,13-14H2,1H3. The van der Waals surface area contributed by atoms with E-state index in [1.807, 2.05) is 41.3 Å². The van der Waals surface area contributed by atoms with Gasteiger partial charge in [-0.3, -0.25) is 9.78 Å². The zero-order valence-electron chi connectivity index (χ0n) is 15.4. The van der Waals surface area contributed by atoms with E-state index in [2.05, 4.69) is 16.0 Å². The SMILES string of the molecule is COc1ccccc1OCC(=O)N1CCCC(c2cc3ncccc3[nH]2)C1. The molecule has 6 nitrogen and oxygen atoms in total. The first-order valence-corrected chi connectivity index (χ1v) is 9.22. The summed E-state index contributed by atoms with van der Waals surface area (Å²) in [5.74, 6) is 1.51. The average molecular weight is 365 g/mol. The van der Waals surface area contributed by atoms with Crippen LogP contribution >= 0.6 is 0 Å². The number of carbonyl (C=O) groups excluding carboxylic acids is 1. The summed E-state index contributed by atoms with van der Waals surface area (Å²) in [6.07, 6.45) is 3.84. The van der Waals surface area contributed by atoms with E-state index in [4.69, 9.17) is 9.47 Å². The quantitative estimate of drug-likeness (QED) is 0.753. The summed E-state index contributed by atoms with van der Waals surface area (Å²) >= 11 is 0. The molecule has 0 bridgehead atoms. The Kier molecular flexibility index (Phi) is 4.96. The molecule has 3 aromatic rings. The van der Waals surface area contributed by atoms with Gasteiger partial charge in [-0.15, -0.1) is 0 Å². The number of para-hydroxylation sites is 2. The van der Waals surface area contributed by atoms with Crippen molar-refractivity contribution in [2.24, 2.45) is 0 Å². The number of carbonyl (C=O) groups is 1. The Hall–Kier alpha value is -3.02. The zero-order valence-corrected chi connectivity index (χ0v) is 15.4. The minimum Gasteiger partial charge on any atom is -0.493 e. The maximum absolute atomic E-state index is 12.7. The van der Waals surface area contributed by atoms with Crippen molar-refractivity contribution in [2.75, 3.05) is 26.8 Å². The zero-order chi connectivity index (χ0) is 18.6. The monoisotopic (exact) mass is 365 g/mol. The number of fused-ring (bicyclic) bond motifs is 1. The molecule has 1 fully saturated rings. The van der Waals surface area contributed by atoms with Gasteiger partial charge in [-0.05, 0) is 43.2 Å². The molecule has 0 radical (unpaired) electrons. The maximum atomic E-state index is 12.7. The van der Waals surface area contributed by atoms with Gasteiger partial charge in [-0.25, -0.2) is 0 Å². The predicted octanol–water partition coefficient (Wildman–Crippen LogP) is 3.36. The molecule has 1 aliphatic heterocycles. The molecular formula is C21H23N3O3. The van der Waals surface area contributed by atoms with Crippen LogP contribution in [0.1, 0.15) is 24.5 Å². The normalized spacial score (nSPS) is 17.1. The molecule has 4 rings (SSSR count). The molecule has 1 amide bonds. The number of nitrogens with one attached hydrogen (secondary N) is 1. The van der Waals surface area contributed by atoms with Crippen molar-refractivity contribution in [3.05, 3.63) is 54.4 Å². The lowest BCUT2D eigenvalue weighted by Gasteiger charge is -2.32. The number of pyridine rings is 1. The van der Waals surface area contributed by atoms with Crippen LogP contribution in [-0.2, 0) is 4.79 Å². The Morgan fingerprint density at radius 2 is 2.11 bits per heavy atom. The second-order valence-electron chi connectivity index (χ2n) is 6.78. The van der Waals surface area contributed by atoms with Crippen molar-refractivity contribution in [1.82, 2.24) is 14.9 Å². The van der Waals surface area contributed by atoms with Gasteiger partial charge < -0.3 is 19.4 Å². The number of likely N-dealkylation sites (tertiary alicyclic amines) is 1. The number of hydrogen-bond acceptors (Lipinski definition) is 4. The Balaban J connectivity index is 1.40. The fraction of sp³-hybridized carbons (Fsp3) is 0.333. The minimum absolute atomic E-state index is 0.000146. The number of H-pyrrole nitrogens is 1. The number of methoxy groups -OCH3 is 1. The minimum atomic E-state index is -0.000146. The van der Waals surface area contributed by atoms with Crippen molar-refractivity contribution in [2.45, 2.75) is 18.8 Å². The summed E-state index contributed by atoms with van der Waals surface area (Å²) in [6, 6.07) is 13.4. The Labute approximate surface area is 158 Å². The van der Waals surface area contributed by atoms with E-state index in [1.165, 1.54) is 0 Å². The highest BCUT2D eigenvalue weighted by atomic mass is 16.5. The average Bonchev–Trinajstić information content (AvgIpc) is 3.16. The fourth-order valence-electron chi connectivity index (χ4n) is 3.62. The van der Waals surface area contributed by atoms with Crippen molar-refractivity contribution in [3.8, 4) is 11.5 Å². The van der Waals surface area contributed by atoms with E-state index in [1.54, 1.807) is 13.3 Å². The van der Waals surface area contributed by atoms with Gasteiger partial charge in [0.15, 0.2) is 18.1 Å². The van der Waals surface area contributed by atoms with E-state index in [0.29, 0.717) is 24.0 Å². The number of amides is 1. The third kappa shape index (κ3) is 3.74. The number of aromatic amines is 1. The smallest absolute Gasteiger partial charge is 0.260 e. The van der Waals surface area contributed by atoms with E-state index >= 15 is 0 Å². The molecule has 0 spiro atoms. The van der Waals surface area contributed by atoms with Gasteiger partial charge in [0.25, 0.3) is 5.91 Å². The van der Waals surface area contributed by atoms with Crippen LogP contribution in [-0.4, -0.2) is 47.6 Å². The van der Waals surface area contributed by atoms with Crippen molar-refractivity contribution >= 4 is 16.9 Å². The molecule has 0 saturated carbocycles. The van der Waals surface area contributed by atoms with Crippen LogP contribution < -0.4 is 9.47 Å². The topological polar surface area (TPSA) is 67.5 Å². The van der Waals surface area contributed by atoms with Crippen LogP contribution in [0.5, 0.6) is 11.5 Å². The predicted molar refractivity (Wildman–Crippen MR) is 103 cm³/mol. The van der Waals surface area contributed by atoms with Gasteiger partial charge in [0, 0.05) is 30.9 Å². The molecule has 6 heteroatoms. The molecule has 1 atom stereocenters. The van der Waals surface area contributed by atoms with Crippen LogP contribution in [0.4, 0.5) is 0 Å². The largest absolute Gasteiger partial charge is 0.493 e. The first kappa shape index (κ1) is 17.4. The number of hydrogen-bond donors (Lipinski definition) is 1. The van der Waals surface area contributed by atoms with Crippen LogP contribution in [0.15, 0.2) is 48.7 Å². The summed E-state index contributed by atoms with van der Waals surface area (Å²) in [5.41, 5.74) is 3.15. The lowest BCUT2D eigenvalue weighted by molar-refractivity contribution is -0.134. The highest BCUT2D eigenvalue weighted by Gasteiger charge is 2.26. The Morgan fingerprint density at radius 3 is 2.93 bits per heavy atom. The third-order valence-electron chi connectivity index (χ3n) is 5.04. The number of benzene rings is 1. The Morgan fingerprint density at radius 1 is 1.26 bits per heavy atom. The maximum Gasteiger partial charge on any atom is 0.260 e. The first-order chi connectivity index (χ1) is 13.2.